The molecule has 21 heavy (non-hydrogen) atoms. The van der Waals surface area contributed by atoms with Crippen molar-refractivity contribution in [1.82, 2.24) is 9.80 Å². The highest BCUT2D eigenvalue weighted by Gasteiger charge is 2.42. The summed E-state index contributed by atoms with van der Waals surface area (Å²) >= 11 is 0. The number of nitrogens with zero attached hydrogens (tertiary/aromatic N) is 2. The maximum Gasteiger partial charge on any atom is 0.320 e. The highest BCUT2D eigenvalue weighted by molar-refractivity contribution is 5.79. The molecule has 1 aliphatic rings. The van der Waals surface area contributed by atoms with Crippen LogP contribution in [0.3, 0.4) is 0 Å². The topological polar surface area (TPSA) is 60.9 Å². The van der Waals surface area contributed by atoms with E-state index in [2.05, 4.69) is 0 Å². The van der Waals surface area contributed by atoms with Crippen molar-refractivity contribution in [2.24, 2.45) is 5.41 Å². The summed E-state index contributed by atoms with van der Waals surface area (Å²) in [6.07, 6.45) is 0.432. The Morgan fingerprint density at radius 3 is 2.67 bits per heavy atom. The maximum atomic E-state index is 13.6. The molecule has 1 aromatic carbocycles. The second-order valence-corrected chi connectivity index (χ2v) is 5.77. The van der Waals surface area contributed by atoms with Crippen molar-refractivity contribution in [2.45, 2.75) is 19.9 Å². The predicted molar refractivity (Wildman–Crippen MR) is 75.2 cm³/mol. The molecule has 2 rings (SSSR count). The average Bonchev–Trinajstić information content (AvgIpc) is 2.84. The lowest BCUT2D eigenvalue weighted by atomic mass is 9.90. The standard InChI is InChI=1S/C15H19FN2O3/c1-15(13(19)20)7-8-18(10-15)14(21)17(2)9-11-5-3-4-6-12(11)16/h3-6H,7-10H2,1-2H3,(H,19,20). The van der Waals surface area contributed by atoms with E-state index in [1.807, 2.05) is 0 Å². The van der Waals surface area contributed by atoms with Crippen molar-refractivity contribution >= 4 is 12.0 Å². The van der Waals surface area contributed by atoms with Gasteiger partial charge in [0.1, 0.15) is 5.82 Å². The van der Waals surface area contributed by atoms with Gasteiger partial charge in [0.2, 0.25) is 0 Å². The minimum absolute atomic E-state index is 0.159. The molecule has 1 heterocycles. The van der Waals surface area contributed by atoms with Gasteiger partial charge in [0.25, 0.3) is 0 Å². The number of benzene rings is 1. The molecule has 114 valence electrons. The summed E-state index contributed by atoms with van der Waals surface area (Å²) in [5, 5.41) is 9.18. The first-order valence-electron chi connectivity index (χ1n) is 6.80. The molecule has 6 heteroatoms. The van der Waals surface area contributed by atoms with Crippen LogP contribution in [0.2, 0.25) is 0 Å². The van der Waals surface area contributed by atoms with Gasteiger partial charge in [-0.05, 0) is 19.4 Å². The fraction of sp³-hybridized carbons (Fsp3) is 0.467. The van der Waals surface area contributed by atoms with Gasteiger partial charge >= 0.3 is 12.0 Å². The van der Waals surface area contributed by atoms with Gasteiger partial charge in [-0.1, -0.05) is 18.2 Å². The fourth-order valence-electron chi connectivity index (χ4n) is 2.49. The third kappa shape index (κ3) is 3.15. The largest absolute Gasteiger partial charge is 0.481 e. The van der Waals surface area contributed by atoms with E-state index in [1.54, 1.807) is 32.2 Å². The normalized spacial score (nSPS) is 21.4. The van der Waals surface area contributed by atoms with E-state index in [9.17, 15) is 19.1 Å². The van der Waals surface area contributed by atoms with Crippen molar-refractivity contribution in [1.29, 1.82) is 0 Å². The Labute approximate surface area is 123 Å². The van der Waals surface area contributed by atoms with Crippen LogP contribution in [0.1, 0.15) is 18.9 Å². The van der Waals surface area contributed by atoms with E-state index < -0.39 is 11.4 Å². The second kappa shape index (κ2) is 5.71. The van der Waals surface area contributed by atoms with E-state index in [1.165, 1.54) is 15.9 Å². The third-order valence-corrected chi connectivity index (χ3v) is 3.95. The summed E-state index contributed by atoms with van der Waals surface area (Å²) in [4.78, 5) is 26.4. The SMILES string of the molecule is CN(Cc1ccccc1F)C(=O)N1CCC(C)(C(=O)O)C1. The van der Waals surface area contributed by atoms with Crippen LogP contribution in [0.4, 0.5) is 9.18 Å². The Morgan fingerprint density at radius 2 is 2.10 bits per heavy atom. The lowest BCUT2D eigenvalue weighted by molar-refractivity contribution is -0.147. The van der Waals surface area contributed by atoms with Crippen LogP contribution in [-0.4, -0.2) is 47.0 Å². The molecule has 5 nitrogen and oxygen atoms in total. The molecule has 0 aliphatic carbocycles. The van der Waals surface area contributed by atoms with Gasteiger partial charge in [-0.25, -0.2) is 9.18 Å². The zero-order valence-electron chi connectivity index (χ0n) is 12.2. The number of carboxylic acid groups (broad SMARTS) is 1. The van der Waals surface area contributed by atoms with Gasteiger partial charge in [-0.3, -0.25) is 4.79 Å². The van der Waals surface area contributed by atoms with E-state index in [-0.39, 0.29) is 24.9 Å². The molecule has 0 saturated carbocycles. The number of carbonyl (C=O) groups is 2. The minimum atomic E-state index is -0.894. The summed E-state index contributed by atoms with van der Waals surface area (Å²) < 4.78 is 13.6. The summed E-state index contributed by atoms with van der Waals surface area (Å²) in [6, 6.07) is 6.02. The summed E-state index contributed by atoms with van der Waals surface area (Å²) in [7, 11) is 1.59. The summed E-state index contributed by atoms with van der Waals surface area (Å²) in [5.41, 5.74) is -0.456. The van der Waals surface area contributed by atoms with Gasteiger partial charge in [0.15, 0.2) is 0 Å². The smallest absolute Gasteiger partial charge is 0.320 e. The van der Waals surface area contributed by atoms with Crippen LogP contribution in [0.15, 0.2) is 24.3 Å². The molecular formula is C15H19FN2O3. The number of halogens is 1. The molecule has 1 fully saturated rings. The van der Waals surface area contributed by atoms with Crippen molar-refractivity contribution in [3.8, 4) is 0 Å². The zero-order chi connectivity index (χ0) is 15.6. The highest BCUT2D eigenvalue weighted by atomic mass is 19.1. The third-order valence-electron chi connectivity index (χ3n) is 3.95. The number of hydrogen-bond acceptors (Lipinski definition) is 2. The van der Waals surface area contributed by atoms with Crippen LogP contribution in [0, 0.1) is 11.2 Å². The fourth-order valence-corrected chi connectivity index (χ4v) is 2.49. The molecule has 1 saturated heterocycles. The highest BCUT2D eigenvalue weighted by Crippen LogP contribution is 2.30. The molecule has 2 amide bonds. The van der Waals surface area contributed by atoms with Crippen LogP contribution in [0.5, 0.6) is 0 Å². The van der Waals surface area contributed by atoms with Crippen LogP contribution in [0.25, 0.3) is 0 Å². The minimum Gasteiger partial charge on any atom is -0.481 e. The number of hydrogen-bond donors (Lipinski definition) is 1. The number of urea groups is 1. The summed E-state index contributed by atoms with van der Waals surface area (Å²) in [5.74, 6) is -1.25. The second-order valence-electron chi connectivity index (χ2n) is 5.77. The number of amides is 2. The molecule has 0 radical (unpaired) electrons. The van der Waals surface area contributed by atoms with Gasteiger partial charge < -0.3 is 14.9 Å². The first-order valence-corrected chi connectivity index (χ1v) is 6.80. The molecule has 1 unspecified atom stereocenters. The Bertz CT molecular complexity index is 564. The first kappa shape index (κ1) is 15.3. The molecule has 1 N–H and O–H groups in total. The van der Waals surface area contributed by atoms with Gasteiger partial charge in [0.05, 0.1) is 5.41 Å². The van der Waals surface area contributed by atoms with Crippen LogP contribution < -0.4 is 0 Å². The van der Waals surface area contributed by atoms with Crippen molar-refractivity contribution in [2.75, 3.05) is 20.1 Å². The number of aliphatic carboxylic acids is 1. The number of likely N-dealkylation sites (tertiary alicyclic amines) is 1. The molecule has 1 atom stereocenters. The monoisotopic (exact) mass is 294 g/mol. The van der Waals surface area contributed by atoms with Gasteiger partial charge in [0, 0.05) is 32.2 Å². The summed E-state index contributed by atoms with van der Waals surface area (Å²) in [6.45, 7) is 2.39. The van der Waals surface area contributed by atoms with Gasteiger partial charge in [-0.2, -0.15) is 0 Å². The molecule has 0 spiro atoms. The van der Waals surface area contributed by atoms with Crippen molar-refractivity contribution in [3.05, 3.63) is 35.6 Å². The van der Waals surface area contributed by atoms with Crippen LogP contribution in [-0.2, 0) is 11.3 Å². The quantitative estimate of drug-likeness (QED) is 0.929. The Morgan fingerprint density at radius 1 is 1.43 bits per heavy atom. The number of carboxylic acids is 1. The Hall–Kier alpha value is -2.11. The van der Waals surface area contributed by atoms with Crippen molar-refractivity contribution in [3.63, 3.8) is 0 Å². The molecule has 1 aliphatic heterocycles. The predicted octanol–water partition coefficient (Wildman–Crippen LogP) is 2.17. The van der Waals surface area contributed by atoms with Gasteiger partial charge in [-0.15, -0.1) is 0 Å². The molecular weight excluding hydrogens is 275 g/mol. The lowest BCUT2D eigenvalue weighted by Gasteiger charge is -2.26. The van der Waals surface area contributed by atoms with E-state index >= 15 is 0 Å². The van der Waals surface area contributed by atoms with Crippen LogP contribution >= 0.6 is 0 Å². The van der Waals surface area contributed by atoms with E-state index in [0.717, 1.165) is 0 Å². The first-order chi connectivity index (χ1) is 9.83. The average molecular weight is 294 g/mol. The Kier molecular flexibility index (Phi) is 4.16. The van der Waals surface area contributed by atoms with E-state index in [4.69, 9.17) is 0 Å². The number of rotatable bonds is 3. The zero-order valence-corrected chi connectivity index (χ0v) is 12.2. The lowest BCUT2D eigenvalue weighted by Crippen LogP contribution is -2.41. The van der Waals surface area contributed by atoms with Crippen molar-refractivity contribution < 1.29 is 19.1 Å². The molecule has 0 aromatic heterocycles. The Balaban J connectivity index is 2.01. The molecule has 0 bridgehead atoms. The number of carbonyl (C=O) groups excluding carboxylic acids is 1. The maximum absolute atomic E-state index is 13.6. The van der Waals surface area contributed by atoms with E-state index in [0.29, 0.717) is 18.5 Å². The molecule has 1 aromatic rings.